The number of aromatic nitrogens is 3. The average molecular weight is 401 g/mol. The Morgan fingerprint density at radius 3 is 2.59 bits per heavy atom. The minimum atomic E-state index is -0.537. The normalized spacial score (nSPS) is 19.0. The highest BCUT2D eigenvalue weighted by Crippen LogP contribution is 2.20. The zero-order valence-corrected chi connectivity index (χ0v) is 17.2. The van der Waals surface area contributed by atoms with E-state index in [9.17, 15) is 14.0 Å². The molecule has 0 spiro atoms. The molecular weight excluding hydrogens is 373 g/mol. The Bertz CT molecular complexity index is 895. The summed E-state index contributed by atoms with van der Waals surface area (Å²) in [5.41, 5.74) is 3.38. The van der Waals surface area contributed by atoms with Crippen LogP contribution in [0.3, 0.4) is 0 Å². The highest BCUT2D eigenvalue weighted by molar-refractivity contribution is 5.94. The zero-order valence-electron chi connectivity index (χ0n) is 17.2. The quantitative estimate of drug-likeness (QED) is 0.778. The SMILES string of the molecule is Cc1nn(C)c(C)c1CCC(=O)N[C@@H]1CCC[C@@H](NC(=O)c2cncc(F)c2)C1. The summed E-state index contributed by atoms with van der Waals surface area (Å²) in [7, 11) is 1.91. The van der Waals surface area contributed by atoms with E-state index < -0.39 is 5.82 Å². The number of halogens is 1. The van der Waals surface area contributed by atoms with Crippen LogP contribution in [0, 0.1) is 19.7 Å². The molecule has 2 atom stereocenters. The van der Waals surface area contributed by atoms with Gasteiger partial charge >= 0.3 is 0 Å². The largest absolute Gasteiger partial charge is 0.353 e. The van der Waals surface area contributed by atoms with E-state index in [1.807, 2.05) is 25.6 Å². The number of carbonyl (C=O) groups is 2. The molecule has 0 unspecified atom stereocenters. The zero-order chi connectivity index (χ0) is 21.0. The second-order valence-corrected chi connectivity index (χ2v) is 7.77. The Morgan fingerprint density at radius 2 is 1.93 bits per heavy atom. The second-order valence-electron chi connectivity index (χ2n) is 7.77. The Kier molecular flexibility index (Phi) is 6.61. The van der Waals surface area contributed by atoms with Crippen LogP contribution in [0.2, 0.25) is 0 Å². The molecule has 3 rings (SSSR count). The topological polar surface area (TPSA) is 88.9 Å². The van der Waals surface area contributed by atoms with Gasteiger partial charge in [0.25, 0.3) is 5.91 Å². The molecule has 1 saturated carbocycles. The predicted molar refractivity (Wildman–Crippen MR) is 107 cm³/mol. The molecular formula is C21H28FN5O2. The third-order valence-corrected chi connectivity index (χ3v) is 5.60. The molecule has 1 aliphatic carbocycles. The second kappa shape index (κ2) is 9.15. The molecule has 0 bridgehead atoms. The predicted octanol–water partition coefficient (Wildman–Crippen LogP) is 2.36. The maximum Gasteiger partial charge on any atom is 0.253 e. The summed E-state index contributed by atoms with van der Waals surface area (Å²) in [5.74, 6) is -0.860. The average Bonchev–Trinajstić information content (AvgIpc) is 2.92. The number of rotatable bonds is 6. The Morgan fingerprint density at radius 1 is 1.21 bits per heavy atom. The van der Waals surface area contributed by atoms with Gasteiger partial charge in [-0.05, 0) is 57.6 Å². The van der Waals surface area contributed by atoms with Gasteiger partial charge in [0.05, 0.1) is 17.5 Å². The van der Waals surface area contributed by atoms with Crippen LogP contribution in [-0.2, 0) is 18.3 Å². The first-order valence-corrected chi connectivity index (χ1v) is 10.0. The molecule has 8 heteroatoms. The fourth-order valence-electron chi connectivity index (χ4n) is 3.97. The molecule has 156 valence electrons. The molecule has 2 N–H and O–H groups in total. The number of carbonyl (C=O) groups excluding carboxylic acids is 2. The van der Waals surface area contributed by atoms with Crippen molar-refractivity contribution in [2.45, 2.75) is 64.5 Å². The number of hydrogen-bond acceptors (Lipinski definition) is 4. The first-order chi connectivity index (χ1) is 13.8. The number of hydrogen-bond donors (Lipinski definition) is 2. The van der Waals surface area contributed by atoms with Crippen LogP contribution in [0.15, 0.2) is 18.5 Å². The highest BCUT2D eigenvalue weighted by Gasteiger charge is 2.25. The number of nitrogens with one attached hydrogen (secondary N) is 2. The number of pyridine rings is 1. The lowest BCUT2D eigenvalue weighted by atomic mass is 9.90. The van der Waals surface area contributed by atoms with E-state index in [-0.39, 0.29) is 29.5 Å². The van der Waals surface area contributed by atoms with Gasteiger partial charge in [-0.15, -0.1) is 0 Å². The Balaban J connectivity index is 1.49. The molecule has 1 aliphatic rings. The van der Waals surface area contributed by atoms with E-state index in [4.69, 9.17) is 0 Å². The summed E-state index contributed by atoms with van der Waals surface area (Å²) in [6.45, 7) is 3.97. The van der Waals surface area contributed by atoms with Gasteiger partial charge in [0.2, 0.25) is 5.91 Å². The summed E-state index contributed by atoms with van der Waals surface area (Å²) in [5, 5.41) is 10.4. The fraction of sp³-hybridized carbons (Fsp3) is 0.524. The van der Waals surface area contributed by atoms with Crippen LogP contribution in [0.4, 0.5) is 4.39 Å². The van der Waals surface area contributed by atoms with Crippen molar-refractivity contribution in [2.75, 3.05) is 0 Å². The maximum absolute atomic E-state index is 13.3. The van der Waals surface area contributed by atoms with Gasteiger partial charge in [0, 0.05) is 37.4 Å². The molecule has 29 heavy (non-hydrogen) atoms. The first-order valence-electron chi connectivity index (χ1n) is 10.0. The summed E-state index contributed by atoms with van der Waals surface area (Å²) >= 11 is 0. The maximum atomic E-state index is 13.3. The molecule has 2 amide bonds. The molecule has 2 aromatic rings. The molecule has 2 aromatic heterocycles. The molecule has 0 saturated heterocycles. The van der Waals surface area contributed by atoms with Gasteiger partial charge in [-0.2, -0.15) is 5.10 Å². The summed E-state index contributed by atoms with van der Waals surface area (Å²) in [6, 6.07) is 1.16. The van der Waals surface area contributed by atoms with Crippen molar-refractivity contribution in [3.8, 4) is 0 Å². The molecule has 0 radical (unpaired) electrons. The molecule has 7 nitrogen and oxygen atoms in total. The number of amides is 2. The first kappa shape index (κ1) is 21.0. The lowest BCUT2D eigenvalue weighted by Crippen LogP contribution is -2.45. The highest BCUT2D eigenvalue weighted by atomic mass is 19.1. The van der Waals surface area contributed by atoms with Gasteiger partial charge in [-0.1, -0.05) is 0 Å². The van der Waals surface area contributed by atoms with Crippen LogP contribution < -0.4 is 10.6 Å². The minimum Gasteiger partial charge on any atom is -0.353 e. The standard InChI is InChI=1S/C21H28FN5O2/c1-13-19(14(2)27(3)26-13)7-8-20(28)24-17-5-4-6-18(10-17)25-21(29)15-9-16(22)12-23-11-15/h9,11-12,17-18H,4-8,10H2,1-3H3,(H,24,28)(H,25,29)/t17-,18-/m1/s1. The van der Waals surface area contributed by atoms with Crippen molar-refractivity contribution in [1.29, 1.82) is 0 Å². The number of aryl methyl sites for hydroxylation is 2. The Hall–Kier alpha value is -2.77. The van der Waals surface area contributed by atoms with Gasteiger partial charge in [0.1, 0.15) is 5.82 Å². The molecule has 0 aliphatic heterocycles. The molecule has 0 aromatic carbocycles. The van der Waals surface area contributed by atoms with E-state index in [2.05, 4.69) is 20.7 Å². The third-order valence-electron chi connectivity index (χ3n) is 5.60. The van der Waals surface area contributed by atoms with Gasteiger partial charge in [-0.25, -0.2) is 4.39 Å². The van der Waals surface area contributed by atoms with Crippen molar-refractivity contribution in [3.63, 3.8) is 0 Å². The van der Waals surface area contributed by atoms with E-state index in [1.165, 1.54) is 12.3 Å². The monoisotopic (exact) mass is 401 g/mol. The summed E-state index contributed by atoms with van der Waals surface area (Å²) in [6.07, 6.45) is 6.82. The van der Waals surface area contributed by atoms with Crippen molar-refractivity contribution < 1.29 is 14.0 Å². The van der Waals surface area contributed by atoms with Crippen LogP contribution in [0.25, 0.3) is 0 Å². The van der Waals surface area contributed by atoms with Crippen LogP contribution in [-0.4, -0.2) is 38.7 Å². The van der Waals surface area contributed by atoms with Crippen molar-refractivity contribution in [2.24, 2.45) is 7.05 Å². The third kappa shape index (κ3) is 5.40. The van der Waals surface area contributed by atoms with Crippen molar-refractivity contribution in [1.82, 2.24) is 25.4 Å². The molecule has 2 heterocycles. The summed E-state index contributed by atoms with van der Waals surface area (Å²) in [4.78, 5) is 28.4. The smallest absolute Gasteiger partial charge is 0.253 e. The van der Waals surface area contributed by atoms with Crippen molar-refractivity contribution in [3.05, 3.63) is 46.8 Å². The van der Waals surface area contributed by atoms with Gasteiger partial charge in [-0.3, -0.25) is 19.3 Å². The van der Waals surface area contributed by atoms with Crippen LogP contribution in [0.1, 0.15) is 59.4 Å². The van der Waals surface area contributed by atoms with Gasteiger partial charge in [0.15, 0.2) is 0 Å². The van der Waals surface area contributed by atoms with Crippen LogP contribution >= 0.6 is 0 Å². The number of nitrogens with zero attached hydrogens (tertiary/aromatic N) is 3. The Labute approximate surface area is 170 Å². The lowest BCUT2D eigenvalue weighted by Gasteiger charge is -2.30. The summed E-state index contributed by atoms with van der Waals surface area (Å²) < 4.78 is 15.1. The lowest BCUT2D eigenvalue weighted by molar-refractivity contribution is -0.122. The van der Waals surface area contributed by atoms with Crippen molar-refractivity contribution >= 4 is 11.8 Å². The molecule has 1 fully saturated rings. The van der Waals surface area contributed by atoms with E-state index in [1.54, 1.807) is 0 Å². The van der Waals surface area contributed by atoms with Crippen LogP contribution in [0.5, 0.6) is 0 Å². The fourth-order valence-corrected chi connectivity index (χ4v) is 3.97. The van der Waals surface area contributed by atoms with E-state index in [0.717, 1.165) is 42.4 Å². The van der Waals surface area contributed by atoms with Gasteiger partial charge < -0.3 is 10.6 Å². The minimum absolute atomic E-state index is 0.0129. The van der Waals surface area contributed by atoms with E-state index in [0.29, 0.717) is 19.3 Å². The van der Waals surface area contributed by atoms with E-state index >= 15 is 0 Å².